The molecule has 0 saturated heterocycles. The number of hydrogen-bond acceptors (Lipinski definition) is 5. The van der Waals surface area contributed by atoms with Crippen molar-refractivity contribution in [3.05, 3.63) is 87.3 Å². The van der Waals surface area contributed by atoms with Gasteiger partial charge in [0.25, 0.3) is 5.56 Å². The molecule has 0 aliphatic rings. The van der Waals surface area contributed by atoms with Crippen LogP contribution < -0.4 is 11.0 Å². The number of hydrazone groups is 1. The molecule has 0 fully saturated rings. The molecule has 130 valence electrons. The molecule has 0 spiro atoms. The zero-order chi connectivity index (χ0) is 18.5. The fraction of sp³-hybridized carbons (Fsp3) is 0. The molecule has 0 bridgehead atoms. The van der Waals surface area contributed by atoms with Crippen LogP contribution in [0.25, 0.3) is 5.69 Å². The first-order chi connectivity index (χ1) is 12.6. The molecule has 0 unspecified atom stereocenters. The highest BCUT2D eigenvalue weighted by atomic mass is 35.5. The molecular formula is C18H13ClN4O3. The Bertz CT molecular complexity index is 1010. The van der Waals surface area contributed by atoms with Crippen LogP contribution in [0.1, 0.15) is 15.9 Å². The van der Waals surface area contributed by atoms with Gasteiger partial charge in [-0.1, -0.05) is 41.9 Å². The van der Waals surface area contributed by atoms with Gasteiger partial charge in [0.1, 0.15) is 10.7 Å². The number of aromatic nitrogens is 2. The van der Waals surface area contributed by atoms with Gasteiger partial charge in [0.2, 0.25) is 0 Å². The highest BCUT2D eigenvalue weighted by Gasteiger charge is 2.10. The van der Waals surface area contributed by atoms with Gasteiger partial charge in [-0.05, 0) is 29.8 Å². The molecule has 2 aromatic carbocycles. The van der Waals surface area contributed by atoms with Crippen LogP contribution in [0.5, 0.6) is 0 Å². The molecule has 0 atom stereocenters. The van der Waals surface area contributed by atoms with E-state index in [1.165, 1.54) is 29.2 Å². The van der Waals surface area contributed by atoms with E-state index in [2.05, 4.69) is 15.6 Å². The SMILES string of the molecule is O=C(O)c1ccc(C=NNc2cnn(-c3ccccc3)c(=O)c2Cl)cc1. The molecule has 0 aliphatic carbocycles. The maximum absolute atomic E-state index is 12.3. The summed E-state index contributed by atoms with van der Waals surface area (Å²) in [5.74, 6) is -0.997. The van der Waals surface area contributed by atoms with Crippen molar-refractivity contribution in [3.63, 3.8) is 0 Å². The molecular weight excluding hydrogens is 356 g/mol. The van der Waals surface area contributed by atoms with Crippen molar-refractivity contribution in [1.29, 1.82) is 0 Å². The van der Waals surface area contributed by atoms with Crippen molar-refractivity contribution in [2.45, 2.75) is 0 Å². The van der Waals surface area contributed by atoms with E-state index in [1.807, 2.05) is 6.07 Å². The van der Waals surface area contributed by atoms with Crippen molar-refractivity contribution in [2.75, 3.05) is 5.43 Å². The highest BCUT2D eigenvalue weighted by Crippen LogP contribution is 2.16. The highest BCUT2D eigenvalue weighted by molar-refractivity contribution is 6.32. The minimum Gasteiger partial charge on any atom is -0.478 e. The number of para-hydroxylation sites is 1. The lowest BCUT2D eigenvalue weighted by Crippen LogP contribution is -2.22. The minimum atomic E-state index is -0.997. The summed E-state index contributed by atoms with van der Waals surface area (Å²) in [6, 6.07) is 15.1. The first kappa shape index (κ1) is 17.4. The summed E-state index contributed by atoms with van der Waals surface area (Å²) in [5, 5.41) is 16.9. The molecule has 26 heavy (non-hydrogen) atoms. The van der Waals surface area contributed by atoms with E-state index in [-0.39, 0.29) is 16.3 Å². The number of carbonyl (C=O) groups is 1. The lowest BCUT2D eigenvalue weighted by Gasteiger charge is -2.07. The predicted octanol–water partition coefficient (Wildman–Crippen LogP) is 3.03. The molecule has 1 heterocycles. The third-order valence-corrected chi connectivity index (χ3v) is 3.84. The van der Waals surface area contributed by atoms with Crippen LogP contribution in [0.15, 0.2) is 70.7 Å². The van der Waals surface area contributed by atoms with Crippen LogP contribution in [0.3, 0.4) is 0 Å². The van der Waals surface area contributed by atoms with E-state index in [0.717, 1.165) is 0 Å². The summed E-state index contributed by atoms with van der Waals surface area (Å²) < 4.78 is 1.20. The van der Waals surface area contributed by atoms with Gasteiger partial charge in [0.15, 0.2) is 0 Å². The van der Waals surface area contributed by atoms with Crippen LogP contribution in [0.4, 0.5) is 5.69 Å². The Kier molecular flexibility index (Phi) is 5.09. The smallest absolute Gasteiger partial charge is 0.335 e. The van der Waals surface area contributed by atoms with Gasteiger partial charge >= 0.3 is 5.97 Å². The second kappa shape index (κ2) is 7.62. The summed E-state index contributed by atoms with van der Waals surface area (Å²) in [4.78, 5) is 23.2. The molecule has 8 heteroatoms. The Morgan fingerprint density at radius 1 is 1.15 bits per heavy atom. The van der Waals surface area contributed by atoms with Crippen molar-refractivity contribution in [1.82, 2.24) is 9.78 Å². The zero-order valence-electron chi connectivity index (χ0n) is 13.3. The maximum Gasteiger partial charge on any atom is 0.335 e. The second-order valence-corrected chi connectivity index (χ2v) is 5.60. The largest absolute Gasteiger partial charge is 0.478 e. The first-order valence-corrected chi connectivity index (χ1v) is 7.90. The third kappa shape index (κ3) is 3.79. The topological polar surface area (TPSA) is 96.6 Å². The quantitative estimate of drug-likeness (QED) is 0.533. The summed E-state index contributed by atoms with van der Waals surface area (Å²) in [6.45, 7) is 0. The average molecular weight is 369 g/mol. The van der Waals surface area contributed by atoms with Crippen molar-refractivity contribution < 1.29 is 9.90 Å². The Hall–Kier alpha value is -3.45. The van der Waals surface area contributed by atoms with Gasteiger partial charge in [0.05, 0.1) is 23.7 Å². The van der Waals surface area contributed by atoms with E-state index in [1.54, 1.807) is 36.4 Å². The van der Waals surface area contributed by atoms with Gasteiger partial charge in [-0.15, -0.1) is 0 Å². The standard InChI is InChI=1S/C18H13ClN4O3/c19-16-15(11-21-23(17(16)24)14-4-2-1-3-5-14)22-20-10-12-6-8-13(9-7-12)18(25)26/h1-11,22H,(H,25,26). The fourth-order valence-corrected chi connectivity index (χ4v) is 2.32. The Morgan fingerprint density at radius 3 is 2.50 bits per heavy atom. The number of carboxylic acid groups (broad SMARTS) is 1. The number of rotatable bonds is 5. The molecule has 3 rings (SSSR count). The number of halogens is 1. The lowest BCUT2D eigenvalue weighted by atomic mass is 10.1. The van der Waals surface area contributed by atoms with Crippen molar-refractivity contribution >= 4 is 29.5 Å². The zero-order valence-corrected chi connectivity index (χ0v) is 14.1. The van der Waals surface area contributed by atoms with Gasteiger partial charge in [-0.2, -0.15) is 14.9 Å². The van der Waals surface area contributed by atoms with Crippen LogP contribution in [-0.2, 0) is 0 Å². The number of nitrogens with zero attached hydrogens (tertiary/aromatic N) is 3. The van der Waals surface area contributed by atoms with Crippen LogP contribution in [0.2, 0.25) is 5.02 Å². The average Bonchev–Trinajstić information content (AvgIpc) is 2.66. The Morgan fingerprint density at radius 2 is 1.85 bits per heavy atom. The molecule has 0 amide bonds. The van der Waals surface area contributed by atoms with Gasteiger partial charge < -0.3 is 5.11 Å². The van der Waals surface area contributed by atoms with Gasteiger partial charge in [-0.25, -0.2) is 4.79 Å². The molecule has 2 N–H and O–H groups in total. The second-order valence-electron chi connectivity index (χ2n) is 5.22. The summed E-state index contributed by atoms with van der Waals surface area (Å²) in [5.41, 5.74) is 3.94. The Labute approximate surface area is 153 Å². The lowest BCUT2D eigenvalue weighted by molar-refractivity contribution is 0.0697. The van der Waals surface area contributed by atoms with Crippen LogP contribution >= 0.6 is 11.6 Å². The monoisotopic (exact) mass is 368 g/mol. The molecule has 7 nitrogen and oxygen atoms in total. The Balaban J connectivity index is 1.77. The predicted molar refractivity (Wildman–Crippen MR) is 99.5 cm³/mol. The summed E-state index contributed by atoms with van der Waals surface area (Å²) in [6.07, 6.45) is 2.88. The van der Waals surface area contributed by atoms with E-state index in [4.69, 9.17) is 16.7 Å². The third-order valence-electron chi connectivity index (χ3n) is 3.48. The van der Waals surface area contributed by atoms with E-state index < -0.39 is 11.5 Å². The van der Waals surface area contributed by atoms with Crippen LogP contribution in [-0.4, -0.2) is 27.1 Å². The number of anilines is 1. The molecule has 1 aromatic heterocycles. The summed E-state index contributed by atoms with van der Waals surface area (Å²) in [7, 11) is 0. The van der Waals surface area contributed by atoms with E-state index >= 15 is 0 Å². The molecule has 3 aromatic rings. The number of nitrogens with one attached hydrogen (secondary N) is 1. The minimum absolute atomic E-state index is 0.0396. The fourth-order valence-electron chi connectivity index (χ4n) is 2.15. The molecule has 0 radical (unpaired) electrons. The van der Waals surface area contributed by atoms with Crippen molar-refractivity contribution in [2.24, 2.45) is 5.10 Å². The maximum atomic E-state index is 12.3. The van der Waals surface area contributed by atoms with Gasteiger partial charge in [-0.3, -0.25) is 10.2 Å². The molecule has 0 aliphatic heterocycles. The number of benzene rings is 2. The first-order valence-electron chi connectivity index (χ1n) is 7.52. The van der Waals surface area contributed by atoms with Gasteiger partial charge in [0, 0.05) is 0 Å². The molecule has 0 saturated carbocycles. The number of hydrogen-bond donors (Lipinski definition) is 2. The number of carboxylic acids is 1. The number of aromatic carboxylic acids is 1. The van der Waals surface area contributed by atoms with E-state index in [0.29, 0.717) is 11.3 Å². The summed E-state index contributed by atoms with van der Waals surface area (Å²) >= 11 is 6.11. The van der Waals surface area contributed by atoms with Crippen molar-refractivity contribution in [3.8, 4) is 5.69 Å². The normalized spacial score (nSPS) is 10.8. The van der Waals surface area contributed by atoms with E-state index in [9.17, 15) is 9.59 Å². The van der Waals surface area contributed by atoms with Crippen LogP contribution in [0, 0.1) is 0 Å².